The number of nitrogens with zero attached hydrogens (tertiary/aromatic N) is 1. The molecule has 0 saturated heterocycles. The molecule has 0 aliphatic carbocycles. The minimum absolute atomic E-state index is 0.615. The molecule has 1 unspecified atom stereocenters. The van der Waals surface area contributed by atoms with Crippen molar-refractivity contribution in [3.05, 3.63) is 64.4 Å². The summed E-state index contributed by atoms with van der Waals surface area (Å²) in [5.74, 6) is 0. The number of aliphatic hydroxyl groups is 1. The molecule has 0 saturated carbocycles. The Hall–Kier alpha value is -1.38. The zero-order chi connectivity index (χ0) is 11.5. The van der Waals surface area contributed by atoms with E-state index in [0.29, 0.717) is 10.7 Å². The molecule has 2 nitrogen and oxygen atoms in total. The van der Waals surface area contributed by atoms with Gasteiger partial charge in [0.1, 0.15) is 6.10 Å². The Balaban J connectivity index is 2.35. The average Bonchev–Trinajstić information content (AvgIpc) is 2.28. The van der Waals surface area contributed by atoms with E-state index < -0.39 is 6.10 Å². The average molecular weight is 234 g/mol. The molecule has 1 aromatic carbocycles. The van der Waals surface area contributed by atoms with Crippen LogP contribution in [0.1, 0.15) is 23.1 Å². The van der Waals surface area contributed by atoms with Crippen molar-refractivity contribution < 1.29 is 5.11 Å². The molecule has 0 aliphatic heterocycles. The quantitative estimate of drug-likeness (QED) is 0.865. The van der Waals surface area contributed by atoms with Gasteiger partial charge in [-0.05, 0) is 36.8 Å². The lowest BCUT2D eigenvalue weighted by molar-refractivity contribution is 0.215. The summed E-state index contributed by atoms with van der Waals surface area (Å²) in [6.07, 6.45) is -0.724. The lowest BCUT2D eigenvalue weighted by Gasteiger charge is -2.11. The Labute approximate surface area is 99.5 Å². The van der Waals surface area contributed by atoms with Gasteiger partial charge in [-0.2, -0.15) is 0 Å². The maximum absolute atomic E-state index is 10.1. The van der Waals surface area contributed by atoms with Crippen LogP contribution >= 0.6 is 11.6 Å². The molecule has 82 valence electrons. The van der Waals surface area contributed by atoms with Gasteiger partial charge in [-0.1, -0.05) is 29.8 Å². The van der Waals surface area contributed by atoms with E-state index in [2.05, 4.69) is 4.98 Å². The van der Waals surface area contributed by atoms with Crippen LogP contribution in [0.15, 0.2) is 42.5 Å². The van der Waals surface area contributed by atoms with E-state index >= 15 is 0 Å². The highest BCUT2D eigenvalue weighted by Crippen LogP contribution is 2.22. The molecule has 0 radical (unpaired) electrons. The van der Waals surface area contributed by atoms with Crippen LogP contribution in [0, 0.1) is 6.92 Å². The van der Waals surface area contributed by atoms with E-state index in [-0.39, 0.29) is 0 Å². The Bertz CT molecular complexity index is 453. The summed E-state index contributed by atoms with van der Waals surface area (Å²) in [7, 11) is 0. The van der Waals surface area contributed by atoms with Crippen molar-refractivity contribution in [3.8, 4) is 0 Å². The molecule has 16 heavy (non-hydrogen) atoms. The second-order valence-corrected chi connectivity index (χ2v) is 4.10. The SMILES string of the molecule is Cc1cccc(C(O)c2cccc(Cl)c2)n1. The first-order valence-electron chi connectivity index (χ1n) is 5.04. The molecule has 1 aromatic heterocycles. The Kier molecular flexibility index (Phi) is 3.22. The van der Waals surface area contributed by atoms with Gasteiger partial charge in [0.15, 0.2) is 0 Å². The zero-order valence-corrected chi connectivity index (χ0v) is 9.65. The Morgan fingerprint density at radius 1 is 1.19 bits per heavy atom. The van der Waals surface area contributed by atoms with Crippen LogP contribution in [0.4, 0.5) is 0 Å². The van der Waals surface area contributed by atoms with Crippen molar-refractivity contribution in [2.24, 2.45) is 0 Å². The molecule has 3 heteroatoms. The van der Waals surface area contributed by atoms with Crippen molar-refractivity contribution >= 4 is 11.6 Å². The number of halogens is 1. The van der Waals surface area contributed by atoms with Crippen LogP contribution in [0.2, 0.25) is 5.02 Å². The van der Waals surface area contributed by atoms with E-state index in [1.165, 1.54) is 0 Å². The van der Waals surface area contributed by atoms with Crippen LogP contribution in [-0.2, 0) is 0 Å². The molecule has 0 fully saturated rings. The smallest absolute Gasteiger partial charge is 0.121 e. The molecule has 2 rings (SSSR count). The van der Waals surface area contributed by atoms with Crippen molar-refractivity contribution in [1.29, 1.82) is 0 Å². The fourth-order valence-corrected chi connectivity index (χ4v) is 1.76. The standard InChI is InChI=1S/C13H12ClNO/c1-9-4-2-7-12(15-9)13(16)10-5-3-6-11(14)8-10/h2-8,13,16H,1H3. The van der Waals surface area contributed by atoms with Crippen LogP contribution < -0.4 is 0 Å². The maximum atomic E-state index is 10.1. The van der Waals surface area contributed by atoms with Crippen LogP contribution in [0.3, 0.4) is 0 Å². The van der Waals surface area contributed by atoms with E-state index in [1.807, 2.05) is 31.2 Å². The number of hydrogen-bond acceptors (Lipinski definition) is 2. The third-order valence-corrected chi connectivity index (χ3v) is 2.59. The van der Waals surface area contributed by atoms with E-state index in [4.69, 9.17) is 11.6 Å². The van der Waals surface area contributed by atoms with Gasteiger partial charge in [-0.3, -0.25) is 4.98 Å². The molecule has 0 aliphatic rings. The molecule has 0 spiro atoms. The summed E-state index contributed by atoms with van der Waals surface area (Å²) >= 11 is 5.88. The van der Waals surface area contributed by atoms with Gasteiger partial charge in [0.25, 0.3) is 0 Å². The summed E-state index contributed by atoms with van der Waals surface area (Å²) in [5, 5.41) is 10.7. The van der Waals surface area contributed by atoms with Gasteiger partial charge in [0.2, 0.25) is 0 Å². The first-order valence-corrected chi connectivity index (χ1v) is 5.42. The molecule has 1 atom stereocenters. The molecule has 2 aromatic rings. The second-order valence-electron chi connectivity index (χ2n) is 3.66. The van der Waals surface area contributed by atoms with Crippen LogP contribution in [0.5, 0.6) is 0 Å². The Morgan fingerprint density at radius 3 is 2.62 bits per heavy atom. The van der Waals surface area contributed by atoms with Crippen molar-refractivity contribution in [1.82, 2.24) is 4.98 Å². The highest BCUT2D eigenvalue weighted by molar-refractivity contribution is 6.30. The van der Waals surface area contributed by atoms with Crippen LogP contribution in [-0.4, -0.2) is 10.1 Å². The molecular formula is C13H12ClNO. The number of benzene rings is 1. The third kappa shape index (κ3) is 2.40. The predicted molar refractivity (Wildman–Crippen MR) is 64.5 cm³/mol. The summed E-state index contributed by atoms with van der Waals surface area (Å²) in [5.41, 5.74) is 2.28. The van der Waals surface area contributed by atoms with Crippen molar-refractivity contribution in [3.63, 3.8) is 0 Å². The highest BCUT2D eigenvalue weighted by Gasteiger charge is 2.11. The minimum atomic E-state index is -0.724. The fourth-order valence-electron chi connectivity index (χ4n) is 1.56. The van der Waals surface area contributed by atoms with Crippen molar-refractivity contribution in [2.75, 3.05) is 0 Å². The molecule has 0 amide bonds. The number of aryl methyl sites for hydroxylation is 1. The summed E-state index contributed by atoms with van der Waals surface area (Å²) < 4.78 is 0. The van der Waals surface area contributed by atoms with Gasteiger partial charge in [-0.25, -0.2) is 0 Å². The van der Waals surface area contributed by atoms with Crippen LogP contribution in [0.25, 0.3) is 0 Å². The lowest BCUT2D eigenvalue weighted by atomic mass is 10.1. The fraction of sp³-hybridized carbons (Fsp3) is 0.154. The number of hydrogen-bond donors (Lipinski definition) is 1. The summed E-state index contributed by atoms with van der Waals surface area (Å²) in [4.78, 5) is 4.29. The van der Waals surface area contributed by atoms with E-state index in [0.717, 1.165) is 11.3 Å². The van der Waals surface area contributed by atoms with Gasteiger partial charge in [-0.15, -0.1) is 0 Å². The number of pyridine rings is 1. The summed E-state index contributed by atoms with van der Waals surface area (Å²) in [6.45, 7) is 1.90. The molecule has 1 heterocycles. The summed E-state index contributed by atoms with van der Waals surface area (Å²) in [6, 6.07) is 12.8. The monoisotopic (exact) mass is 233 g/mol. The van der Waals surface area contributed by atoms with Gasteiger partial charge >= 0.3 is 0 Å². The maximum Gasteiger partial charge on any atom is 0.121 e. The normalized spacial score (nSPS) is 12.4. The number of aromatic nitrogens is 1. The number of aliphatic hydroxyl groups excluding tert-OH is 1. The van der Waals surface area contributed by atoms with Gasteiger partial charge < -0.3 is 5.11 Å². The highest BCUT2D eigenvalue weighted by atomic mass is 35.5. The minimum Gasteiger partial charge on any atom is -0.382 e. The van der Waals surface area contributed by atoms with E-state index in [9.17, 15) is 5.11 Å². The predicted octanol–water partition coefficient (Wildman–Crippen LogP) is 3.13. The van der Waals surface area contributed by atoms with Gasteiger partial charge in [0.05, 0.1) is 5.69 Å². The third-order valence-electron chi connectivity index (χ3n) is 2.35. The largest absolute Gasteiger partial charge is 0.382 e. The molecule has 1 N–H and O–H groups in total. The molecule has 0 bridgehead atoms. The Morgan fingerprint density at radius 2 is 1.94 bits per heavy atom. The lowest BCUT2D eigenvalue weighted by Crippen LogP contribution is -2.02. The second kappa shape index (κ2) is 4.64. The topological polar surface area (TPSA) is 33.1 Å². The van der Waals surface area contributed by atoms with Crippen molar-refractivity contribution in [2.45, 2.75) is 13.0 Å². The first kappa shape index (κ1) is 11.1. The zero-order valence-electron chi connectivity index (χ0n) is 8.89. The first-order chi connectivity index (χ1) is 7.66. The van der Waals surface area contributed by atoms with Gasteiger partial charge in [0, 0.05) is 10.7 Å². The van der Waals surface area contributed by atoms with E-state index in [1.54, 1.807) is 18.2 Å². The number of rotatable bonds is 2. The molecular weight excluding hydrogens is 222 g/mol.